The second kappa shape index (κ2) is 6.82. The van der Waals surface area contributed by atoms with Gasteiger partial charge in [0, 0.05) is 28.0 Å². The molecule has 1 fully saturated rings. The first-order valence-corrected chi connectivity index (χ1v) is 8.22. The Bertz CT molecular complexity index is 654. The molecule has 0 spiro atoms. The fourth-order valence-electron chi connectivity index (χ4n) is 2.24. The monoisotopic (exact) mass is 351 g/mol. The normalized spacial score (nSPS) is 13.7. The fraction of sp³-hybridized carbons (Fsp3) is 0.250. The van der Waals surface area contributed by atoms with Crippen LogP contribution in [0.5, 0.6) is 0 Å². The van der Waals surface area contributed by atoms with Gasteiger partial charge in [-0.1, -0.05) is 29.3 Å². The van der Waals surface area contributed by atoms with Crippen LogP contribution < -0.4 is 5.32 Å². The van der Waals surface area contributed by atoms with Crippen molar-refractivity contribution < 1.29 is 0 Å². The maximum absolute atomic E-state index is 6.03. The Morgan fingerprint density at radius 1 is 1.23 bits per heavy atom. The van der Waals surface area contributed by atoms with Crippen LogP contribution in [0.4, 0.5) is 5.69 Å². The maximum Gasteiger partial charge on any atom is 0.174 e. The summed E-state index contributed by atoms with van der Waals surface area (Å²) in [6.45, 7) is 0.700. The second-order valence-electron chi connectivity index (χ2n) is 5.27. The number of pyridine rings is 1. The minimum Gasteiger partial charge on any atom is -0.340 e. The number of halogens is 2. The van der Waals surface area contributed by atoms with Gasteiger partial charge in [-0.3, -0.25) is 4.98 Å². The van der Waals surface area contributed by atoms with Crippen LogP contribution in [0.15, 0.2) is 42.6 Å². The summed E-state index contributed by atoms with van der Waals surface area (Å²) in [5.41, 5.74) is 1.80. The van der Waals surface area contributed by atoms with E-state index in [0.717, 1.165) is 24.2 Å². The molecule has 3 nitrogen and oxygen atoms in total. The van der Waals surface area contributed by atoms with Crippen LogP contribution in [0.1, 0.15) is 18.5 Å². The highest BCUT2D eigenvalue weighted by Crippen LogP contribution is 2.29. The predicted molar refractivity (Wildman–Crippen MR) is 95.5 cm³/mol. The molecule has 0 aliphatic heterocycles. The van der Waals surface area contributed by atoms with Gasteiger partial charge in [0.25, 0.3) is 0 Å². The summed E-state index contributed by atoms with van der Waals surface area (Å²) in [6.07, 6.45) is 4.11. The molecule has 0 amide bonds. The van der Waals surface area contributed by atoms with Gasteiger partial charge >= 0.3 is 0 Å². The summed E-state index contributed by atoms with van der Waals surface area (Å²) in [6, 6.07) is 11.7. The summed E-state index contributed by atoms with van der Waals surface area (Å²) < 4.78 is 0. The number of aromatic nitrogens is 1. The van der Waals surface area contributed by atoms with E-state index in [9.17, 15) is 0 Å². The molecule has 1 N–H and O–H groups in total. The van der Waals surface area contributed by atoms with Crippen molar-refractivity contribution in [2.75, 3.05) is 5.32 Å². The number of nitrogens with one attached hydrogen (secondary N) is 1. The Balaban J connectivity index is 1.73. The molecule has 0 saturated heterocycles. The third-order valence-corrected chi connectivity index (χ3v) is 4.19. The first-order valence-electron chi connectivity index (χ1n) is 7.05. The van der Waals surface area contributed by atoms with Crippen LogP contribution in [0.2, 0.25) is 10.0 Å². The summed E-state index contributed by atoms with van der Waals surface area (Å²) in [4.78, 5) is 6.55. The van der Waals surface area contributed by atoms with Gasteiger partial charge in [0.2, 0.25) is 0 Å². The number of benzene rings is 1. The Morgan fingerprint density at radius 3 is 2.55 bits per heavy atom. The van der Waals surface area contributed by atoms with Crippen LogP contribution >= 0.6 is 35.4 Å². The first-order chi connectivity index (χ1) is 10.6. The van der Waals surface area contributed by atoms with E-state index in [4.69, 9.17) is 35.4 Å². The molecule has 114 valence electrons. The molecular formula is C16H15Cl2N3S. The van der Waals surface area contributed by atoms with Gasteiger partial charge in [0.05, 0.1) is 12.2 Å². The van der Waals surface area contributed by atoms with Crippen molar-refractivity contribution in [3.05, 3.63) is 58.3 Å². The molecular weight excluding hydrogens is 337 g/mol. The van der Waals surface area contributed by atoms with Crippen molar-refractivity contribution in [3.8, 4) is 0 Å². The smallest absolute Gasteiger partial charge is 0.174 e. The van der Waals surface area contributed by atoms with Gasteiger partial charge < -0.3 is 10.2 Å². The quantitative estimate of drug-likeness (QED) is 0.804. The summed E-state index contributed by atoms with van der Waals surface area (Å²) in [5.74, 6) is 0. The molecule has 0 atom stereocenters. The van der Waals surface area contributed by atoms with Crippen molar-refractivity contribution >= 4 is 46.2 Å². The highest BCUT2D eigenvalue weighted by molar-refractivity contribution is 7.80. The van der Waals surface area contributed by atoms with E-state index >= 15 is 0 Å². The minimum atomic E-state index is 0.483. The van der Waals surface area contributed by atoms with E-state index in [0.29, 0.717) is 27.7 Å². The molecule has 0 radical (unpaired) electrons. The zero-order chi connectivity index (χ0) is 15.5. The number of rotatable bonds is 4. The van der Waals surface area contributed by atoms with Crippen LogP contribution in [0, 0.1) is 0 Å². The summed E-state index contributed by atoms with van der Waals surface area (Å²) in [7, 11) is 0. The lowest BCUT2D eigenvalue weighted by Gasteiger charge is -2.25. The number of nitrogens with zero attached hydrogens (tertiary/aromatic N) is 2. The van der Waals surface area contributed by atoms with Crippen LogP contribution in [0.3, 0.4) is 0 Å². The van der Waals surface area contributed by atoms with E-state index in [-0.39, 0.29) is 0 Å². The van der Waals surface area contributed by atoms with E-state index in [2.05, 4.69) is 15.2 Å². The lowest BCUT2D eigenvalue weighted by atomic mass is 10.3. The van der Waals surface area contributed by atoms with E-state index in [1.165, 1.54) is 0 Å². The average Bonchev–Trinajstić information content (AvgIpc) is 3.29. The third kappa shape index (κ3) is 4.09. The van der Waals surface area contributed by atoms with Gasteiger partial charge in [0.15, 0.2) is 5.11 Å². The molecule has 0 unspecified atom stereocenters. The minimum absolute atomic E-state index is 0.483. The molecule has 2 aromatic rings. The molecule has 1 aliphatic rings. The van der Waals surface area contributed by atoms with Gasteiger partial charge in [0.1, 0.15) is 0 Å². The maximum atomic E-state index is 6.03. The van der Waals surface area contributed by atoms with Crippen molar-refractivity contribution in [3.63, 3.8) is 0 Å². The number of hydrogen-bond acceptors (Lipinski definition) is 2. The van der Waals surface area contributed by atoms with Crippen LogP contribution in [0.25, 0.3) is 0 Å². The molecule has 1 aromatic carbocycles. The fourth-order valence-corrected chi connectivity index (χ4v) is 3.10. The molecule has 1 heterocycles. The largest absolute Gasteiger partial charge is 0.340 e. The van der Waals surface area contributed by atoms with Gasteiger partial charge in [-0.25, -0.2) is 0 Å². The van der Waals surface area contributed by atoms with E-state index in [1.54, 1.807) is 12.3 Å². The third-order valence-electron chi connectivity index (χ3n) is 3.42. The molecule has 1 aromatic heterocycles. The summed E-state index contributed by atoms with van der Waals surface area (Å²) >= 11 is 17.6. The van der Waals surface area contributed by atoms with Crippen LogP contribution in [-0.4, -0.2) is 21.0 Å². The van der Waals surface area contributed by atoms with E-state index in [1.807, 2.05) is 30.3 Å². The zero-order valence-electron chi connectivity index (χ0n) is 11.8. The topological polar surface area (TPSA) is 28.2 Å². The highest BCUT2D eigenvalue weighted by atomic mass is 35.5. The lowest BCUT2D eigenvalue weighted by Crippen LogP contribution is -2.36. The summed E-state index contributed by atoms with van der Waals surface area (Å²) in [5, 5.41) is 5.07. The molecule has 0 bridgehead atoms. The molecule has 22 heavy (non-hydrogen) atoms. The number of anilines is 1. The highest BCUT2D eigenvalue weighted by Gasteiger charge is 2.31. The molecule has 1 saturated carbocycles. The SMILES string of the molecule is S=C(Nc1cc(Cl)cc(Cl)c1)N(Cc1ccccn1)C1CC1. The van der Waals surface area contributed by atoms with Gasteiger partial charge in [-0.15, -0.1) is 0 Å². The predicted octanol–water partition coefficient (Wildman–Crippen LogP) is 4.75. The van der Waals surface area contributed by atoms with Gasteiger partial charge in [-0.2, -0.15) is 0 Å². The molecule has 3 rings (SSSR count). The Labute approximate surface area is 145 Å². The van der Waals surface area contributed by atoms with Crippen molar-refractivity contribution in [1.29, 1.82) is 0 Å². The number of hydrogen-bond donors (Lipinski definition) is 1. The standard InChI is InChI=1S/C16H15Cl2N3S/c17-11-7-12(18)9-14(8-11)20-16(22)21(15-4-5-15)10-13-3-1-2-6-19-13/h1-3,6-9,15H,4-5,10H2,(H,20,22). The second-order valence-corrected chi connectivity index (χ2v) is 6.53. The Morgan fingerprint density at radius 2 is 1.95 bits per heavy atom. The Kier molecular flexibility index (Phi) is 4.81. The van der Waals surface area contributed by atoms with Crippen LogP contribution in [-0.2, 0) is 6.54 Å². The van der Waals surface area contributed by atoms with Crippen molar-refractivity contribution in [1.82, 2.24) is 9.88 Å². The number of thiocarbonyl (C=S) groups is 1. The zero-order valence-corrected chi connectivity index (χ0v) is 14.1. The lowest BCUT2D eigenvalue weighted by molar-refractivity contribution is 0.404. The molecule has 6 heteroatoms. The van der Waals surface area contributed by atoms with E-state index < -0.39 is 0 Å². The Hall–Kier alpha value is -1.36. The first kappa shape index (κ1) is 15.5. The van der Waals surface area contributed by atoms with Crippen molar-refractivity contribution in [2.24, 2.45) is 0 Å². The van der Waals surface area contributed by atoms with Crippen molar-refractivity contribution in [2.45, 2.75) is 25.4 Å². The average molecular weight is 352 g/mol. The van der Waals surface area contributed by atoms with Gasteiger partial charge in [-0.05, 0) is 55.4 Å². The molecule has 1 aliphatic carbocycles.